The number of pyridine rings is 1. The number of rotatable bonds is 1. The summed E-state index contributed by atoms with van der Waals surface area (Å²) in [6.45, 7) is 1.91. The van der Waals surface area contributed by atoms with E-state index in [0.717, 1.165) is 28.6 Å². The maximum Gasteiger partial charge on any atom is 0.416 e. The molecule has 2 nitrogen and oxygen atoms in total. The highest BCUT2D eigenvalue weighted by Crippen LogP contribution is 2.32. The van der Waals surface area contributed by atoms with E-state index in [-0.39, 0.29) is 5.56 Å². The molecular formula is C18H14F3NO. The fraction of sp³-hybridized carbons (Fsp3) is 0.167. The predicted molar refractivity (Wildman–Crippen MR) is 84.4 cm³/mol. The zero-order valence-corrected chi connectivity index (χ0v) is 12.6. The Bertz CT molecular complexity index is 937. The number of halogens is 3. The number of alkyl halides is 3. The smallest absolute Gasteiger partial charge is 0.317 e. The van der Waals surface area contributed by atoms with Gasteiger partial charge in [-0.1, -0.05) is 29.8 Å². The van der Waals surface area contributed by atoms with Gasteiger partial charge in [-0.2, -0.15) is 13.2 Å². The first kappa shape index (κ1) is 15.3. The largest absolute Gasteiger partial charge is 0.416 e. The molecule has 3 aromatic rings. The van der Waals surface area contributed by atoms with Crippen molar-refractivity contribution < 1.29 is 13.2 Å². The molecule has 0 spiro atoms. The molecule has 0 amide bonds. The monoisotopic (exact) mass is 317 g/mol. The van der Waals surface area contributed by atoms with E-state index in [1.54, 1.807) is 19.3 Å². The van der Waals surface area contributed by atoms with Gasteiger partial charge in [-0.05, 0) is 36.1 Å². The lowest BCUT2D eigenvalue weighted by atomic mass is 9.98. The summed E-state index contributed by atoms with van der Waals surface area (Å²) in [6, 6.07) is 10.5. The van der Waals surface area contributed by atoms with E-state index in [2.05, 4.69) is 0 Å². The second-order valence-corrected chi connectivity index (χ2v) is 5.58. The van der Waals surface area contributed by atoms with Gasteiger partial charge in [0.15, 0.2) is 0 Å². The molecular weight excluding hydrogens is 303 g/mol. The fourth-order valence-electron chi connectivity index (χ4n) is 2.65. The molecule has 0 aliphatic heterocycles. The lowest BCUT2D eigenvalue weighted by Gasteiger charge is -2.12. The molecule has 0 aliphatic rings. The van der Waals surface area contributed by atoms with Crippen LogP contribution in [0.4, 0.5) is 13.2 Å². The van der Waals surface area contributed by atoms with Crippen LogP contribution in [0.2, 0.25) is 0 Å². The van der Waals surface area contributed by atoms with Crippen LogP contribution in [0.5, 0.6) is 0 Å². The SMILES string of the molecule is Cc1ccc2c(=O)n(C)cc(-c3ccc(C(F)(F)F)cc3)c2c1. The molecule has 0 bridgehead atoms. The summed E-state index contributed by atoms with van der Waals surface area (Å²) in [4.78, 5) is 12.2. The lowest BCUT2D eigenvalue weighted by Crippen LogP contribution is -2.16. The Morgan fingerprint density at radius 1 is 0.957 bits per heavy atom. The standard InChI is InChI=1S/C18H14F3NO/c1-11-3-8-14-15(9-11)16(10-22(2)17(14)23)12-4-6-13(7-5-12)18(19,20)21/h3-10H,1-2H3. The van der Waals surface area contributed by atoms with Gasteiger partial charge in [0.25, 0.3) is 5.56 Å². The number of fused-ring (bicyclic) bond motifs is 1. The first-order valence-electron chi connectivity index (χ1n) is 7.05. The second-order valence-electron chi connectivity index (χ2n) is 5.58. The van der Waals surface area contributed by atoms with Crippen molar-refractivity contribution in [3.05, 3.63) is 70.1 Å². The fourth-order valence-corrected chi connectivity index (χ4v) is 2.65. The van der Waals surface area contributed by atoms with E-state index >= 15 is 0 Å². The van der Waals surface area contributed by atoms with E-state index in [1.165, 1.54) is 16.7 Å². The number of hydrogen-bond acceptors (Lipinski definition) is 1. The minimum atomic E-state index is -4.36. The van der Waals surface area contributed by atoms with Gasteiger partial charge in [-0.3, -0.25) is 4.79 Å². The summed E-state index contributed by atoms with van der Waals surface area (Å²) in [5.74, 6) is 0. The predicted octanol–water partition coefficient (Wildman–Crippen LogP) is 4.53. The van der Waals surface area contributed by atoms with Gasteiger partial charge in [-0.15, -0.1) is 0 Å². The van der Waals surface area contributed by atoms with Crippen molar-refractivity contribution >= 4 is 10.8 Å². The van der Waals surface area contributed by atoms with Crippen molar-refractivity contribution in [1.82, 2.24) is 4.57 Å². The highest BCUT2D eigenvalue weighted by molar-refractivity contribution is 5.96. The van der Waals surface area contributed by atoms with Gasteiger partial charge < -0.3 is 4.57 Å². The molecule has 0 saturated heterocycles. The van der Waals surface area contributed by atoms with Gasteiger partial charge in [0.05, 0.1) is 5.56 Å². The minimum Gasteiger partial charge on any atom is -0.317 e. The van der Waals surface area contributed by atoms with Gasteiger partial charge in [-0.25, -0.2) is 0 Å². The van der Waals surface area contributed by atoms with Crippen LogP contribution < -0.4 is 5.56 Å². The zero-order chi connectivity index (χ0) is 16.8. The maximum absolute atomic E-state index is 12.7. The first-order valence-corrected chi connectivity index (χ1v) is 7.05. The zero-order valence-electron chi connectivity index (χ0n) is 12.6. The highest BCUT2D eigenvalue weighted by Gasteiger charge is 2.30. The van der Waals surface area contributed by atoms with Crippen LogP contribution in [0.25, 0.3) is 21.9 Å². The van der Waals surface area contributed by atoms with E-state index in [1.807, 2.05) is 19.1 Å². The van der Waals surface area contributed by atoms with Gasteiger partial charge in [0.1, 0.15) is 0 Å². The van der Waals surface area contributed by atoms with E-state index in [4.69, 9.17) is 0 Å². The Morgan fingerprint density at radius 3 is 2.22 bits per heavy atom. The molecule has 0 unspecified atom stereocenters. The Balaban J connectivity index is 2.26. The van der Waals surface area contributed by atoms with Gasteiger partial charge in [0.2, 0.25) is 0 Å². The molecule has 0 fully saturated rings. The van der Waals surface area contributed by atoms with Crippen molar-refractivity contribution in [2.75, 3.05) is 0 Å². The van der Waals surface area contributed by atoms with Crippen LogP contribution in [-0.4, -0.2) is 4.57 Å². The lowest BCUT2D eigenvalue weighted by molar-refractivity contribution is -0.137. The number of benzene rings is 2. The Kier molecular flexibility index (Phi) is 3.51. The van der Waals surface area contributed by atoms with Gasteiger partial charge in [0, 0.05) is 24.2 Å². The molecule has 118 valence electrons. The second kappa shape index (κ2) is 5.26. The van der Waals surface area contributed by atoms with Crippen LogP contribution in [0.15, 0.2) is 53.5 Å². The molecule has 1 heterocycles. The van der Waals surface area contributed by atoms with Crippen molar-refractivity contribution in [2.45, 2.75) is 13.1 Å². The number of aromatic nitrogens is 1. The van der Waals surface area contributed by atoms with E-state index in [0.29, 0.717) is 10.9 Å². The van der Waals surface area contributed by atoms with E-state index < -0.39 is 11.7 Å². The summed E-state index contributed by atoms with van der Waals surface area (Å²) >= 11 is 0. The molecule has 0 saturated carbocycles. The summed E-state index contributed by atoms with van der Waals surface area (Å²) in [5.41, 5.74) is 1.55. The molecule has 0 atom stereocenters. The quantitative estimate of drug-likeness (QED) is 0.646. The molecule has 1 aromatic heterocycles. The van der Waals surface area contributed by atoms with Crippen LogP contribution in [0, 0.1) is 6.92 Å². The third-order valence-corrected chi connectivity index (χ3v) is 3.86. The third kappa shape index (κ3) is 2.74. The topological polar surface area (TPSA) is 22.0 Å². The van der Waals surface area contributed by atoms with Crippen molar-refractivity contribution in [1.29, 1.82) is 0 Å². The summed E-state index contributed by atoms with van der Waals surface area (Å²) in [5, 5.41) is 1.29. The van der Waals surface area contributed by atoms with Gasteiger partial charge >= 0.3 is 6.18 Å². The number of aryl methyl sites for hydroxylation is 2. The Morgan fingerprint density at radius 2 is 1.61 bits per heavy atom. The Hall–Kier alpha value is -2.56. The van der Waals surface area contributed by atoms with Crippen LogP contribution in [0.3, 0.4) is 0 Å². The van der Waals surface area contributed by atoms with Crippen molar-refractivity contribution in [2.24, 2.45) is 7.05 Å². The minimum absolute atomic E-state index is 0.129. The summed E-state index contributed by atoms with van der Waals surface area (Å²) in [7, 11) is 1.63. The maximum atomic E-state index is 12.7. The summed E-state index contributed by atoms with van der Waals surface area (Å²) < 4.78 is 39.5. The molecule has 0 radical (unpaired) electrons. The normalized spacial score (nSPS) is 11.9. The molecule has 23 heavy (non-hydrogen) atoms. The average Bonchev–Trinajstić information content (AvgIpc) is 2.50. The third-order valence-electron chi connectivity index (χ3n) is 3.86. The van der Waals surface area contributed by atoms with Crippen LogP contribution >= 0.6 is 0 Å². The first-order chi connectivity index (χ1) is 10.8. The van der Waals surface area contributed by atoms with Crippen molar-refractivity contribution in [3.8, 4) is 11.1 Å². The van der Waals surface area contributed by atoms with Crippen molar-refractivity contribution in [3.63, 3.8) is 0 Å². The van der Waals surface area contributed by atoms with Crippen LogP contribution in [0.1, 0.15) is 11.1 Å². The molecule has 3 rings (SSSR count). The highest BCUT2D eigenvalue weighted by atomic mass is 19.4. The molecule has 5 heteroatoms. The average molecular weight is 317 g/mol. The molecule has 0 N–H and O–H groups in total. The van der Waals surface area contributed by atoms with Crippen LogP contribution in [-0.2, 0) is 13.2 Å². The summed E-state index contributed by atoms with van der Waals surface area (Å²) in [6.07, 6.45) is -2.70. The number of nitrogens with zero attached hydrogens (tertiary/aromatic N) is 1. The molecule has 0 aliphatic carbocycles. The molecule has 2 aromatic carbocycles. The number of hydrogen-bond donors (Lipinski definition) is 0. The Labute approximate surface area is 130 Å². The van der Waals surface area contributed by atoms with E-state index in [9.17, 15) is 18.0 Å².